The predicted octanol–water partition coefficient (Wildman–Crippen LogP) is 3.96. The van der Waals surface area contributed by atoms with Crippen LogP contribution in [0.25, 0.3) is 6.08 Å². The summed E-state index contributed by atoms with van der Waals surface area (Å²) in [5, 5.41) is 0. The van der Waals surface area contributed by atoms with Gasteiger partial charge in [0.25, 0.3) is 0 Å². The van der Waals surface area contributed by atoms with Crippen molar-refractivity contribution in [2.24, 2.45) is 7.05 Å². The fourth-order valence-corrected chi connectivity index (χ4v) is 2.55. The molecular weight excluding hydrogens is 338 g/mol. The zero-order valence-corrected chi connectivity index (χ0v) is 15.8. The molecule has 3 rings (SSSR count). The molecule has 1 aromatic heterocycles. The van der Waals surface area contributed by atoms with E-state index in [1.54, 1.807) is 12.3 Å². The Kier molecular flexibility index (Phi) is 5.71. The fraction of sp³-hybridized carbons (Fsp3) is 0.182. The number of nitrogens with zero attached hydrogens (tertiary/aromatic N) is 3. The van der Waals surface area contributed by atoms with Crippen molar-refractivity contribution >= 4 is 17.5 Å². The number of hydrogen-bond acceptors (Lipinski definition) is 4. The first-order chi connectivity index (χ1) is 13.0. The van der Waals surface area contributed by atoms with Gasteiger partial charge in [-0.3, -0.25) is 4.79 Å². The first-order valence-corrected chi connectivity index (χ1v) is 8.72. The van der Waals surface area contributed by atoms with Crippen LogP contribution in [0.15, 0.2) is 67.0 Å². The van der Waals surface area contributed by atoms with E-state index in [9.17, 15) is 4.79 Å². The number of ketones is 1. The average Bonchev–Trinajstić information content (AvgIpc) is 3.10. The number of hydrogen-bond donors (Lipinski definition) is 0. The number of aryl methyl sites for hydroxylation is 1. The van der Waals surface area contributed by atoms with Crippen LogP contribution in [0.1, 0.15) is 21.7 Å². The smallest absolute Gasteiger partial charge is 0.185 e. The minimum atomic E-state index is -0.0181. The van der Waals surface area contributed by atoms with Crippen molar-refractivity contribution in [1.82, 2.24) is 9.55 Å². The summed E-state index contributed by atoms with van der Waals surface area (Å²) in [5.74, 6) is 1.61. The largest absolute Gasteiger partial charge is 0.486 e. The summed E-state index contributed by atoms with van der Waals surface area (Å²) >= 11 is 0. The van der Waals surface area contributed by atoms with Crippen LogP contribution >= 0.6 is 0 Å². The van der Waals surface area contributed by atoms with Gasteiger partial charge in [-0.25, -0.2) is 4.98 Å². The van der Waals surface area contributed by atoms with Gasteiger partial charge in [-0.05, 0) is 48.0 Å². The second-order valence-electron chi connectivity index (χ2n) is 6.45. The monoisotopic (exact) mass is 361 g/mol. The molecule has 0 aliphatic carbocycles. The van der Waals surface area contributed by atoms with Gasteiger partial charge in [0, 0.05) is 44.8 Å². The average molecular weight is 361 g/mol. The molecule has 0 spiro atoms. The normalized spacial score (nSPS) is 10.9. The number of carbonyl (C=O) groups is 1. The van der Waals surface area contributed by atoms with Crippen molar-refractivity contribution in [3.05, 3.63) is 84.0 Å². The van der Waals surface area contributed by atoms with Crippen LogP contribution in [0.2, 0.25) is 0 Å². The van der Waals surface area contributed by atoms with E-state index in [0.29, 0.717) is 12.2 Å². The lowest BCUT2D eigenvalue weighted by atomic mass is 10.1. The van der Waals surface area contributed by atoms with Gasteiger partial charge in [-0.2, -0.15) is 0 Å². The standard InChI is InChI=1S/C22H23N3O2/c1-24(2)19-9-7-18(8-10-19)21(26)13-6-17-4-11-20(12-5-17)27-16-22-23-14-15-25(22)3/h4-15H,16H2,1-3H3/b13-6+. The molecular formula is C22H23N3O2. The summed E-state index contributed by atoms with van der Waals surface area (Å²) in [6.07, 6.45) is 7.04. The quantitative estimate of drug-likeness (QED) is 0.472. The highest BCUT2D eigenvalue weighted by Crippen LogP contribution is 2.16. The Hall–Kier alpha value is -3.34. The third-order valence-electron chi connectivity index (χ3n) is 4.26. The maximum absolute atomic E-state index is 12.3. The Morgan fingerprint density at radius 1 is 1.11 bits per heavy atom. The maximum Gasteiger partial charge on any atom is 0.185 e. The maximum atomic E-state index is 12.3. The highest BCUT2D eigenvalue weighted by atomic mass is 16.5. The highest BCUT2D eigenvalue weighted by molar-refractivity contribution is 6.06. The van der Waals surface area contributed by atoms with E-state index in [1.807, 2.05) is 91.4 Å². The Morgan fingerprint density at radius 3 is 2.41 bits per heavy atom. The van der Waals surface area contributed by atoms with E-state index in [0.717, 1.165) is 22.8 Å². The first kappa shape index (κ1) is 18.5. The molecule has 0 aliphatic heterocycles. The Balaban J connectivity index is 1.58. The van der Waals surface area contributed by atoms with Gasteiger partial charge in [0.15, 0.2) is 5.78 Å². The molecule has 0 saturated heterocycles. The molecule has 0 amide bonds. The summed E-state index contributed by atoms with van der Waals surface area (Å²) in [6.45, 7) is 0.417. The van der Waals surface area contributed by atoms with Gasteiger partial charge < -0.3 is 14.2 Å². The van der Waals surface area contributed by atoms with Gasteiger partial charge >= 0.3 is 0 Å². The Morgan fingerprint density at radius 2 is 1.81 bits per heavy atom. The molecule has 138 valence electrons. The summed E-state index contributed by atoms with van der Waals surface area (Å²) in [7, 11) is 5.88. The molecule has 3 aromatic rings. The van der Waals surface area contributed by atoms with Crippen LogP contribution < -0.4 is 9.64 Å². The molecule has 5 heteroatoms. The number of anilines is 1. The van der Waals surface area contributed by atoms with Crippen LogP contribution in [0.3, 0.4) is 0 Å². The van der Waals surface area contributed by atoms with Crippen molar-refractivity contribution < 1.29 is 9.53 Å². The molecule has 0 saturated carbocycles. The number of carbonyl (C=O) groups excluding carboxylic acids is 1. The molecule has 0 fully saturated rings. The summed E-state index contributed by atoms with van der Waals surface area (Å²) in [6, 6.07) is 15.2. The summed E-state index contributed by atoms with van der Waals surface area (Å²) < 4.78 is 7.66. The molecule has 0 aliphatic rings. The van der Waals surface area contributed by atoms with Crippen LogP contribution in [0, 0.1) is 0 Å². The molecule has 2 aromatic carbocycles. The predicted molar refractivity (Wildman–Crippen MR) is 108 cm³/mol. The third kappa shape index (κ3) is 4.85. The minimum absolute atomic E-state index is 0.0181. The second kappa shape index (κ2) is 8.36. The lowest BCUT2D eigenvalue weighted by Gasteiger charge is -2.11. The SMILES string of the molecule is CN(C)c1ccc(C(=O)/C=C/c2ccc(OCc3nccn3C)cc2)cc1. The van der Waals surface area contributed by atoms with Crippen molar-refractivity contribution in [2.75, 3.05) is 19.0 Å². The highest BCUT2D eigenvalue weighted by Gasteiger charge is 2.03. The Bertz CT molecular complexity index is 923. The van der Waals surface area contributed by atoms with E-state index in [2.05, 4.69) is 4.98 Å². The molecule has 0 N–H and O–H groups in total. The fourth-order valence-electron chi connectivity index (χ4n) is 2.55. The molecule has 5 nitrogen and oxygen atoms in total. The molecule has 0 radical (unpaired) electrons. The molecule has 27 heavy (non-hydrogen) atoms. The molecule has 0 unspecified atom stereocenters. The van der Waals surface area contributed by atoms with Crippen molar-refractivity contribution in [2.45, 2.75) is 6.61 Å². The number of imidazole rings is 1. The van der Waals surface area contributed by atoms with Crippen LogP contribution in [-0.2, 0) is 13.7 Å². The third-order valence-corrected chi connectivity index (χ3v) is 4.26. The van der Waals surface area contributed by atoms with Crippen LogP contribution in [0.4, 0.5) is 5.69 Å². The van der Waals surface area contributed by atoms with Gasteiger partial charge in [-0.15, -0.1) is 0 Å². The van der Waals surface area contributed by atoms with E-state index in [-0.39, 0.29) is 5.78 Å². The van der Waals surface area contributed by atoms with Gasteiger partial charge in [0.2, 0.25) is 0 Å². The van der Waals surface area contributed by atoms with Gasteiger partial charge in [0.05, 0.1) is 0 Å². The van der Waals surface area contributed by atoms with E-state index in [4.69, 9.17) is 4.74 Å². The minimum Gasteiger partial charge on any atom is -0.486 e. The lowest BCUT2D eigenvalue weighted by molar-refractivity contribution is 0.104. The zero-order chi connectivity index (χ0) is 19.2. The molecule has 1 heterocycles. The number of rotatable bonds is 7. The van der Waals surface area contributed by atoms with E-state index < -0.39 is 0 Å². The number of ether oxygens (including phenoxy) is 1. The number of allylic oxidation sites excluding steroid dienone is 1. The molecule has 0 atom stereocenters. The van der Waals surface area contributed by atoms with Crippen molar-refractivity contribution in [3.63, 3.8) is 0 Å². The summed E-state index contributed by atoms with van der Waals surface area (Å²) in [5.41, 5.74) is 2.68. The van der Waals surface area contributed by atoms with Crippen molar-refractivity contribution in [3.8, 4) is 5.75 Å². The van der Waals surface area contributed by atoms with E-state index in [1.165, 1.54) is 0 Å². The molecule has 0 bridgehead atoms. The van der Waals surface area contributed by atoms with E-state index >= 15 is 0 Å². The van der Waals surface area contributed by atoms with Crippen LogP contribution in [-0.4, -0.2) is 29.4 Å². The first-order valence-electron chi connectivity index (χ1n) is 8.72. The van der Waals surface area contributed by atoms with Crippen LogP contribution in [0.5, 0.6) is 5.75 Å². The van der Waals surface area contributed by atoms with Gasteiger partial charge in [-0.1, -0.05) is 18.2 Å². The number of benzene rings is 2. The second-order valence-corrected chi connectivity index (χ2v) is 6.45. The number of aromatic nitrogens is 2. The summed E-state index contributed by atoms with van der Waals surface area (Å²) in [4.78, 5) is 18.5. The van der Waals surface area contributed by atoms with Crippen molar-refractivity contribution in [1.29, 1.82) is 0 Å². The zero-order valence-electron chi connectivity index (χ0n) is 15.8. The Labute approximate surface area is 159 Å². The van der Waals surface area contributed by atoms with Gasteiger partial charge in [0.1, 0.15) is 18.2 Å². The lowest BCUT2D eigenvalue weighted by Crippen LogP contribution is -2.08. The topological polar surface area (TPSA) is 47.4 Å².